The molecule has 0 unspecified atom stereocenters. The van der Waals surface area contributed by atoms with E-state index in [-0.39, 0.29) is 12.4 Å². The molecule has 0 aliphatic heterocycles. The van der Waals surface area contributed by atoms with Crippen molar-refractivity contribution in [2.24, 2.45) is 0 Å². The molecule has 0 aliphatic rings. The lowest BCUT2D eigenvalue weighted by Gasteiger charge is -2.01. The first-order valence-electron chi connectivity index (χ1n) is 4.15. The summed E-state index contributed by atoms with van der Waals surface area (Å²) in [6.07, 6.45) is 0. The molecule has 0 saturated carbocycles. The molecule has 2 aromatic rings. The molecule has 74 valence electrons. The van der Waals surface area contributed by atoms with Crippen LogP contribution in [0.1, 0.15) is 5.69 Å². The summed E-state index contributed by atoms with van der Waals surface area (Å²) in [7, 11) is 0. The lowest BCUT2D eigenvalue weighted by molar-refractivity contribution is 0.872. The van der Waals surface area contributed by atoms with Gasteiger partial charge >= 0.3 is 0 Å². The zero-order chi connectivity index (χ0) is 9.26. The Balaban J connectivity index is 0.000000980. The summed E-state index contributed by atoms with van der Waals surface area (Å²) < 4.78 is 1.73. The van der Waals surface area contributed by atoms with Gasteiger partial charge in [0.15, 0.2) is 0 Å². The first-order chi connectivity index (χ1) is 6.27. The second kappa shape index (κ2) is 4.15. The van der Waals surface area contributed by atoms with Crippen LogP contribution in [0.2, 0.25) is 0 Å². The predicted octanol–water partition coefficient (Wildman–Crippen LogP) is 2.18. The lowest BCUT2D eigenvalue weighted by atomic mass is 10.3. The van der Waals surface area contributed by atoms with Gasteiger partial charge in [0.25, 0.3) is 0 Å². The molecule has 1 aromatic carbocycles. The zero-order valence-electron chi connectivity index (χ0n) is 7.84. The van der Waals surface area contributed by atoms with E-state index < -0.39 is 0 Å². The molecule has 1 aromatic heterocycles. The van der Waals surface area contributed by atoms with Crippen LogP contribution in [0.25, 0.3) is 5.69 Å². The van der Waals surface area contributed by atoms with Crippen molar-refractivity contribution in [3.63, 3.8) is 0 Å². The Bertz CT molecular complexity index is 409. The number of benzene rings is 1. The molecular formula is C10H12ClN3. The van der Waals surface area contributed by atoms with Gasteiger partial charge in [-0.3, -0.25) is 0 Å². The highest BCUT2D eigenvalue weighted by Crippen LogP contribution is 2.12. The molecule has 14 heavy (non-hydrogen) atoms. The molecule has 2 rings (SSSR count). The zero-order valence-corrected chi connectivity index (χ0v) is 8.66. The summed E-state index contributed by atoms with van der Waals surface area (Å²) in [5.74, 6) is 0.670. The number of halogens is 1. The standard InChI is InChI=1S/C10H11N3.ClH/c1-8-7-10(11)13(12-8)9-5-3-2-4-6-9;/h2-7H,11H2,1H3;1H. The van der Waals surface area contributed by atoms with Gasteiger partial charge in [-0.2, -0.15) is 5.10 Å². The van der Waals surface area contributed by atoms with E-state index in [4.69, 9.17) is 5.73 Å². The summed E-state index contributed by atoms with van der Waals surface area (Å²) in [6, 6.07) is 11.7. The van der Waals surface area contributed by atoms with Crippen molar-refractivity contribution < 1.29 is 0 Å². The minimum absolute atomic E-state index is 0. The monoisotopic (exact) mass is 209 g/mol. The number of para-hydroxylation sites is 1. The number of nitrogens with zero attached hydrogens (tertiary/aromatic N) is 2. The fourth-order valence-electron chi connectivity index (χ4n) is 1.30. The van der Waals surface area contributed by atoms with Gasteiger partial charge in [0.05, 0.1) is 11.4 Å². The molecule has 1 heterocycles. The number of anilines is 1. The second-order valence-electron chi connectivity index (χ2n) is 2.96. The number of hydrogen-bond acceptors (Lipinski definition) is 2. The van der Waals surface area contributed by atoms with Gasteiger partial charge in [0.1, 0.15) is 5.82 Å². The Morgan fingerprint density at radius 2 is 1.86 bits per heavy atom. The topological polar surface area (TPSA) is 43.8 Å². The Morgan fingerprint density at radius 1 is 1.21 bits per heavy atom. The Kier molecular flexibility index (Phi) is 3.14. The highest BCUT2D eigenvalue weighted by molar-refractivity contribution is 5.85. The molecule has 0 bridgehead atoms. The van der Waals surface area contributed by atoms with Crippen molar-refractivity contribution in [2.75, 3.05) is 5.73 Å². The van der Waals surface area contributed by atoms with Crippen molar-refractivity contribution in [1.29, 1.82) is 0 Å². The fraction of sp³-hybridized carbons (Fsp3) is 0.100. The van der Waals surface area contributed by atoms with Gasteiger partial charge in [0, 0.05) is 6.07 Å². The number of aromatic nitrogens is 2. The van der Waals surface area contributed by atoms with Crippen LogP contribution in [0.5, 0.6) is 0 Å². The van der Waals surface area contributed by atoms with Crippen molar-refractivity contribution in [1.82, 2.24) is 9.78 Å². The number of rotatable bonds is 1. The summed E-state index contributed by atoms with van der Waals surface area (Å²) in [6.45, 7) is 1.93. The maximum absolute atomic E-state index is 5.77. The largest absolute Gasteiger partial charge is 0.384 e. The van der Waals surface area contributed by atoms with E-state index in [0.29, 0.717) is 5.82 Å². The maximum atomic E-state index is 5.77. The summed E-state index contributed by atoms with van der Waals surface area (Å²) >= 11 is 0. The number of hydrogen-bond donors (Lipinski definition) is 1. The van der Waals surface area contributed by atoms with E-state index in [0.717, 1.165) is 11.4 Å². The number of aryl methyl sites for hydroxylation is 1. The van der Waals surface area contributed by atoms with E-state index in [2.05, 4.69) is 5.10 Å². The summed E-state index contributed by atoms with van der Waals surface area (Å²) in [5, 5.41) is 4.27. The molecule has 2 N–H and O–H groups in total. The van der Waals surface area contributed by atoms with Gasteiger partial charge in [-0.05, 0) is 19.1 Å². The summed E-state index contributed by atoms with van der Waals surface area (Å²) in [4.78, 5) is 0. The van der Waals surface area contributed by atoms with Gasteiger partial charge in [-0.15, -0.1) is 12.4 Å². The Hall–Kier alpha value is -1.48. The highest BCUT2D eigenvalue weighted by atomic mass is 35.5. The average molecular weight is 210 g/mol. The van der Waals surface area contributed by atoms with Crippen LogP contribution in [0.3, 0.4) is 0 Å². The van der Waals surface area contributed by atoms with Crippen LogP contribution in [0, 0.1) is 6.92 Å². The quantitative estimate of drug-likeness (QED) is 0.783. The van der Waals surface area contributed by atoms with Gasteiger partial charge < -0.3 is 5.73 Å². The van der Waals surface area contributed by atoms with Crippen LogP contribution in [-0.4, -0.2) is 9.78 Å². The van der Waals surface area contributed by atoms with E-state index in [1.54, 1.807) is 4.68 Å². The van der Waals surface area contributed by atoms with Crippen LogP contribution in [-0.2, 0) is 0 Å². The highest BCUT2D eigenvalue weighted by Gasteiger charge is 2.02. The maximum Gasteiger partial charge on any atom is 0.127 e. The van der Waals surface area contributed by atoms with Crippen molar-refractivity contribution in [2.45, 2.75) is 6.92 Å². The van der Waals surface area contributed by atoms with Crippen LogP contribution >= 0.6 is 12.4 Å². The first kappa shape index (κ1) is 10.6. The smallest absolute Gasteiger partial charge is 0.127 e. The van der Waals surface area contributed by atoms with Crippen LogP contribution in [0.4, 0.5) is 5.82 Å². The van der Waals surface area contributed by atoms with E-state index in [9.17, 15) is 0 Å². The van der Waals surface area contributed by atoms with Crippen LogP contribution < -0.4 is 5.73 Å². The fourth-order valence-corrected chi connectivity index (χ4v) is 1.30. The molecule has 0 amide bonds. The van der Waals surface area contributed by atoms with E-state index >= 15 is 0 Å². The third-order valence-corrected chi connectivity index (χ3v) is 1.86. The normalized spacial score (nSPS) is 9.50. The van der Waals surface area contributed by atoms with Gasteiger partial charge in [-0.1, -0.05) is 18.2 Å². The van der Waals surface area contributed by atoms with Crippen molar-refractivity contribution in [3.8, 4) is 5.69 Å². The van der Waals surface area contributed by atoms with E-state index in [1.807, 2.05) is 43.3 Å². The third-order valence-electron chi connectivity index (χ3n) is 1.86. The molecule has 0 fully saturated rings. The molecule has 0 radical (unpaired) electrons. The Morgan fingerprint density at radius 3 is 2.36 bits per heavy atom. The molecule has 0 aliphatic carbocycles. The Labute approximate surface area is 89.0 Å². The number of nitrogens with two attached hydrogens (primary N) is 1. The second-order valence-corrected chi connectivity index (χ2v) is 2.96. The molecule has 0 atom stereocenters. The SMILES string of the molecule is Cc1cc(N)n(-c2ccccc2)n1.Cl. The number of nitrogen functional groups attached to an aromatic ring is 1. The van der Waals surface area contributed by atoms with Crippen molar-refractivity contribution >= 4 is 18.2 Å². The van der Waals surface area contributed by atoms with Gasteiger partial charge in [-0.25, -0.2) is 4.68 Å². The molecule has 0 saturated heterocycles. The summed E-state index contributed by atoms with van der Waals surface area (Å²) in [5.41, 5.74) is 7.70. The van der Waals surface area contributed by atoms with Gasteiger partial charge in [0.2, 0.25) is 0 Å². The molecular weight excluding hydrogens is 198 g/mol. The van der Waals surface area contributed by atoms with Crippen LogP contribution in [0.15, 0.2) is 36.4 Å². The average Bonchev–Trinajstić information content (AvgIpc) is 2.47. The lowest BCUT2D eigenvalue weighted by Crippen LogP contribution is -2.00. The third kappa shape index (κ3) is 1.88. The molecule has 0 spiro atoms. The minimum Gasteiger partial charge on any atom is -0.384 e. The minimum atomic E-state index is 0. The molecule has 3 nitrogen and oxygen atoms in total. The molecule has 4 heteroatoms. The van der Waals surface area contributed by atoms with E-state index in [1.165, 1.54) is 0 Å². The van der Waals surface area contributed by atoms with Crippen molar-refractivity contribution in [3.05, 3.63) is 42.1 Å². The predicted molar refractivity (Wildman–Crippen MR) is 60.0 cm³/mol. The first-order valence-corrected chi connectivity index (χ1v) is 4.15.